The number of hydrogen-bond acceptors (Lipinski definition) is 8. The molecule has 190 valence electrons. The molecule has 0 radical (unpaired) electrons. The highest BCUT2D eigenvalue weighted by atomic mass is 16.8. The maximum absolute atomic E-state index is 13.5. The smallest absolute Gasteiger partial charge is 0.333 e. The maximum atomic E-state index is 13.5. The zero-order valence-electron chi connectivity index (χ0n) is 21.0. The second-order valence-electron chi connectivity index (χ2n) is 10.6. The van der Waals surface area contributed by atoms with Crippen LogP contribution < -0.4 is 0 Å². The van der Waals surface area contributed by atoms with Crippen molar-refractivity contribution >= 4 is 11.9 Å². The molecule has 3 aliphatic carbocycles. The van der Waals surface area contributed by atoms with E-state index in [2.05, 4.69) is 6.92 Å². The van der Waals surface area contributed by atoms with E-state index in [-0.39, 0.29) is 29.7 Å². The maximum Gasteiger partial charge on any atom is 0.333 e. The normalized spacial score (nSPS) is 47.1. The first kappa shape index (κ1) is 24.2. The number of ether oxygens (including phenoxy) is 6. The molecule has 8 nitrogen and oxygen atoms in total. The van der Waals surface area contributed by atoms with Crippen molar-refractivity contribution in [2.24, 2.45) is 34.5 Å². The highest BCUT2D eigenvalue weighted by molar-refractivity contribution is 5.86. The summed E-state index contributed by atoms with van der Waals surface area (Å²) in [6, 6.07) is 0. The lowest BCUT2D eigenvalue weighted by atomic mass is 9.40. The summed E-state index contributed by atoms with van der Waals surface area (Å²) in [6.07, 6.45) is 5.12. The monoisotopic (exact) mass is 478 g/mol. The number of carbonyl (C=O) groups excluding carboxylic acids is 2. The van der Waals surface area contributed by atoms with E-state index in [4.69, 9.17) is 28.4 Å². The number of fused-ring (bicyclic) bond motifs is 2. The molecule has 9 atom stereocenters. The van der Waals surface area contributed by atoms with Crippen LogP contribution in [-0.2, 0) is 38.0 Å². The molecule has 2 aliphatic heterocycles. The van der Waals surface area contributed by atoms with Crippen molar-refractivity contribution < 1.29 is 38.0 Å². The minimum absolute atomic E-state index is 0.0220. The van der Waals surface area contributed by atoms with Crippen LogP contribution >= 0.6 is 0 Å². The first-order valence-corrected chi connectivity index (χ1v) is 12.8. The molecule has 0 aromatic heterocycles. The van der Waals surface area contributed by atoms with Gasteiger partial charge in [-0.1, -0.05) is 13.3 Å². The predicted octanol–water partition coefficient (Wildman–Crippen LogP) is 3.58. The fourth-order valence-electron chi connectivity index (χ4n) is 8.68. The Hall–Kier alpha value is -1.48. The first-order chi connectivity index (χ1) is 16.3. The van der Waals surface area contributed by atoms with Gasteiger partial charge in [0.05, 0.1) is 7.11 Å². The van der Waals surface area contributed by atoms with Gasteiger partial charge in [-0.25, -0.2) is 4.79 Å². The lowest BCUT2D eigenvalue weighted by Gasteiger charge is -2.68. The molecule has 0 amide bonds. The summed E-state index contributed by atoms with van der Waals surface area (Å²) in [5.74, 6) is -1.16. The summed E-state index contributed by atoms with van der Waals surface area (Å²) < 4.78 is 36.2. The Bertz CT molecular complexity index is 871. The van der Waals surface area contributed by atoms with Gasteiger partial charge in [0, 0.05) is 43.8 Å². The van der Waals surface area contributed by atoms with Gasteiger partial charge in [0.2, 0.25) is 5.79 Å². The van der Waals surface area contributed by atoms with Crippen LogP contribution in [0.3, 0.4) is 0 Å². The van der Waals surface area contributed by atoms with Gasteiger partial charge < -0.3 is 28.4 Å². The molecule has 3 unspecified atom stereocenters. The number of rotatable bonds is 6. The largest absolute Gasteiger partial charge is 0.468 e. The summed E-state index contributed by atoms with van der Waals surface area (Å²) in [7, 11) is 3.04. The van der Waals surface area contributed by atoms with Gasteiger partial charge in [-0.05, 0) is 63.2 Å². The zero-order valence-corrected chi connectivity index (χ0v) is 21.0. The van der Waals surface area contributed by atoms with Gasteiger partial charge in [0.15, 0.2) is 12.6 Å². The number of esters is 2. The summed E-state index contributed by atoms with van der Waals surface area (Å²) in [6.45, 7) is 7.00. The van der Waals surface area contributed by atoms with Crippen molar-refractivity contribution in [3.63, 3.8) is 0 Å². The predicted molar refractivity (Wildman–Crippen MR) is 120 cm³/mol. The van der Waals surface area contributed by atoms with Crippen molar-refractivity contribution in [1.29, 1.82) is 0 Å². The van der Waals surface area contributed by atoms with E-state index >= 15 is 0 Å². The van der Waals surface area contributed by atoms with Crippen LogP contribution in [0.1, 0.15) is 59.3 Å². The Balaban J connectivity index is 1.66. The lowest BCUT2D eigenvalue weighted by Crippen LogP contribution is -2.72. The van der Waals surface area contributed by atoms with E-state index in [0.717, 1.165) is 31.3 Å². The van der Waals surface area contributed by atoms with Crippen molar-refractivity contribution in [1.82, 2.24) is 0 Å². The number of carbonyl (C=O) groups is 2. The van der Waals surface area contributed by atoms with Crippen LogP contribution in [0.5, 0.6) is 0 Å². The van der Waals surface area contributed by atoms with E-state index in [1.54, 1.807) is 13.2 Å². The lowest BCUT2D eigenvalue weighted by molar-refractivity contribution is -0.401. The molecule has 2 heterocycles. The summed E-state index contributed by atoms with van der Waals surface area (Å²) in [4.78, 5) is 25.9. The van der Waals surface area contributed by atoms with Crippen LogP contribution in [0.2, 0.25) is 0 Å². The van der Waals surface area contributed by atoms with Gasteiger partial charge in [0.1, 0.15) is 5.41 Å². The second kappa shape index (κ2) is 8.57. The molecule has 5 aliphatic rings. The average Bonchev–Trinajstić information content (AvgIpc) is 3.16. The van der Waals surface area contributed by atoms with E-state index in [0.29, 0.717) is 32.0 Å². The van der Waals surface area contributed by atoms with E-state index < -0.39 is 29.2 Å². The van der Waals surface area contributed by atoms with Crippen LogP contribution in [0.4, 0.5) is 0 Å². The molecule has 8 heteroatoms. The third-order valence-corrected chi connectivity index (χ3v) is 9.65. The Labute approximate surface area is 201 Å². The second-order valence-corrected chi connectivity index (χ2v) is 10.6. The summed E-state index contributed by atoms with van der Waals surface area (Å²) in [5, 5.41) is 0. The molecule has 0 aromatic carbocycles. The van der Waals surface area contributed by atoms with Gasteiger partial charge in [-0.3, -0.25) is 4.79 Å². The number of methoxy groups -OCH3 is 2. The van der Waals surface area contributed by atoms with Crippen molar-refractivity contribution in [2.75, 3.05) is 27.4 Å². The molecule has 3 saturated carbocycles. The fraction of sp³-hybridized carbons (Fsp3) is 0.846. The summed E-state index contributed by atoms with van der Waals surface area (Å²) in [5.41, 5.74) is -0.366. The van der Waals surface area contributed by atoms with E-state index in [9.17, 15) is 9.59 Å². The van der Waals surface area contributed by atoms with Crippen molar-refractivity contribution in [3.8, 4) is 0 Å². The van der Waals surface area contributed by atoms with Gasteiger partial charge in [0.25, 0.3) is 0 Å². The minimum atomic E-state index is -1.05. The molecule has 0 N–H and O–H groups in total. The van der Waals surface area contributed by atoms with Crippen LogP contribution in [0.15, 0.2) is 11.6 Å². The summed E-state index contributed by atoms with van der Waals surface area (Å²) >= 11 is 0. The highest BCUT2D eigenvalue weighted by Gasteiger charge is 2.75. The SMILES string of the molecule is CCO[C@@H]1OC(OC)C2(C(=O)OC)CCCC13[C@H]1C[C@@]4(OCC)OC(=O)C=C4[C@H](C)[C@@H]1CC[C@@H]23. The molecular weight excluding hydrogens is 440 g/mol. The van der Waals surface area contributed by atoms with Gasteiger partial charge in [-0.2, -0.15) is 0 Å². The van der Waals surface area contributed by atoms with Gasteiger partial charge in [-0.15, -0.1) is 0 Å². The molecular formula is C26H38O8. The molecule has 1 saturated heterocycles. The van der Waals surface area contributed by atoms with Gasteiger partial charge >= 0.3 is 11.9 Å². The Morgan fingerprint density at radius 1 is 1.15 bits per heavy atom. The Kier molecular flexibility index (Phi) is 6.11. The first-order valence-electron chi connectivity index (χ1n) is 12.8. The highest BCUT2D eigenvalue weighted by Crippen LogP contribution is 2.72. The molecule has 34 heavy (non-hydrogen) atoms. The van der Waals surface area contributed by atoms with E-state index in [1.165, 1.54) is 7.11 Å². The quantitative estimate of drug-likeness (QED) is 0.535. The van der Waals surface area contributed by atoms with Crippen LogP contribution in [0, 0.1) is 34.5 Å². The molecule has 0 aromatic rings. The van der Waals surface area contributed by atoms with Crippen LogP contribution in [-0.4, -0.2) is 57.7 Å². The standard InChI is InChI=1S/C26H38O8/c1-6-31-23-24-11-8-12-25(21(28)29-4,22(30-5)33-23)19(24)10-9-16-15(3)17-13-20(27)34-26(17,32-7-2)14-18(16)24/h13,15-16,18-19,22-23H,6-12,14H2,1-5H3/t15-,16+,18+,19-,22?,23-,24?,25?,26-/m1/s1. The Morgan fingerprint density at radius 3 is 2.62 bits per heavy atom. The molecule has 4 fully saturated rings. The fourth-order valence-corrected chi connectivity index (χ4v) is 8.68. The minimum Gasteiger partial charge on any atom is -0.468 e. The van der Waals surface area contributed by atoms with E-state index in [1.807, 2.05) is 13.8 Å². The van der Waals surface area contributed by atoms with Crippen molar-refractivity contribution in [2.45, 2.75) is 77.7 Å². The zero-order chi connectivity index (χ0) is 24.3. The molecule has 5 rings (SSSR count). The molecule has 0 spiro atoms. The average molecular weight is 479 g/mol. The Morgan fingerprint density at radius 2 is 1.94 bits per heavy atom. The van der Waals surface area contributed by atoms with Crippen molar-refractivity contribution in [3.05, 3.63) is 11.6 Å². The number of hydrogen-bond donors (Lipinski definition) is 0. The third-order valence-electron chi connectivity index (χ3n) is 9.65. The van der Waals surface area contributed by atoms with Crippen LogP contribution in [0.25, 0.3) is 0 Å². The topological polar surface area (TPSA) is 89.5 Å². The third kappa shape index (κ3) is 2.98. The molecule has 2 bridgehead atoms.